The molecule has 1 aliphatic rings. The van der Waals surface area contributed by atoms with E-state index in [1.54, 1.807) is 0 Å². The molecule has 1 saturated carbocycles. The highest BCUT2D eigenvalue weighted by atomic mass is 35.5. The summed E-state index contributed by atoms with van der Waals surface area (Å²) in [4.78, 5) is 12.1. The largest absolute Gasteiger partial charge is 0.354 e. The van der Waals surface area contributed by atoms with Gasteiger partial charge in [0.1, 0.15) is 0 Å². The van der Waals surface area contributed by atoms with E-state index in [0.717, 1.165) is 32.1 Å². The first-order valence-electron chi connectivity index (χ1n) is 7.72. The number of carbonyl (C=O) groups excluding carboxylic acids is 1. The minimum absolute atomic E-state index is 0. The van der Waals surface area contributed by atoms with E-state index in [9.17, 15) is 4.79 Å². The van der Waals surface area contributed by atoms with E-state index in [-0.39, 0.29) is 18.3 Å². The van der Waals surface area contributed by atoms with Gasteiger partial charge in [0.15, 0.2) is 0 Å². The van der Waals surface area contributed by atoms with Crippen LogP contribution in [0.25, 0.3) is 10.8 Å². The van der Waals surface area contributed by atoms with Gasteiger partial charge >= 0.3 is 0 Å². The molecule has 1 aliphatic carbocycles. The van der Waals surface area contributed by atoms with Gasteiger partial charge in [-0.3, -0.25) is 4.79 Å². The van der Waals surface area contributed by atoms with E-state index >= 15 is 0 Å². The van der Waals surface area contributed by atoms with Crippen molar-refractivity contribution in [1.29, 1.82) is 0 Å². The fraction of sp³-hybridized carbons (Fsp3) is 0.389. The molecule has 3 N–H and O–H groups in total. The molecular formula is C18H23ClN2O. The quantitative estimate of drug-likeness (QED) is 0.909. The number of amides is 1. The second-order valence-corrected chi connectivity index (χ2v) is 6.05. The standard InChI is InChI=1S/C18H22N2O.ClH/c19-18(10-3-4-11-18)17(21)20-12-9-14-7-8-15-5-1-2-6-16(15)13-14;/h1-2,5-8,13H,3-4,9-12,19H2,(H,20,21);1H. The predicted octanol–water partition coefficient (Wildman–Crippen LogP) is 3.19. The molecule has 0 aromatic heterocycles. The number of rotatable bonds is 4. The highest BCUT2D eigenvalue weighted by Gasteiger charge is 2.36. The molecule has 4 heteroatoms. The summed E-state index contributed by atoms with van der Waals surface area (Å²) in [5.74, 6) is 0.0146. The summed E-state index contributed by atoms with van der Waals surface area (Å²) in [7, 11) is 0. The minimum Gasteiger partial charge on any atom is -0.354 e. The number of hydrogen-bond donors (Lipinski definition) is 2. The summed E-state index contributed by atoms with van der Waals surface area (Å²) in [6.07, 6.45) is 4.60. The van der Waals surface area contributed by atoms with E-state index in [4.69, 9.17) is 5.73 Å². The van der Waals surface area contributed by atoms with Crippen LogP contribution in [0.5, 0.6) is 0 Å². The lowest BCUT2D eigenvalue weighted by Gasteiger charge is -2.22. The van der Waals surface area contributed by atoms with Crippen molar-refractivity contribution >= 4 is 29.1 Å². The maximum absolute atomic E-state index is 12.1. The number of hydrogen-bond acceptors (Lipinski definition) is 2. The monoisotopic (exact) mass is 318 g/mol. The Kier molecular flexibility index (Phi) is 5.43. The molecule has 0 spiro atoms. The molecule has 3 nitrogen and oxygen atoms in total. The van der Waals surface area contributed by atoms with Crippen molar-refractivity contribution in [3.8, 4) is 0 Å². The first-order valence-corrected chi connectivity index (χ1v) is 7.72. The van der Waals surface area contributed by atoms with Crippen LogP contribution < -0.4 is 11.1 Å². The van der Waals surface area contributed by atoms with Crippen LogP contribution in [-0.4, -0.2) is 18.0 Å². The van der Waals surface area contributed by atoms with Crippen LogP contribution in [-0.2, 0) is 11.2 Å². The molecule has 3 rings (SSSR count). The summed E-state index contributed by atoms with van der Waals surface area (Å²) >= 11 is 0. The van der Waals surface area contributed by atoms with Gasteiger partial charge in [-0.1, -0.05) is 55.3 Å². The Balaban J connectivity index is 0.00000176. The van der Waals surface area contributed by atoms with Gasteiger partial charge in [0.25, 0.3) is 0 Å². The number of nitrogens with two attached hydrogens (primary N) is 1. The summed E-state index contributed by atoms with van der Waals surface area (Å²) in [6, 6.07) is 14.8. The highest BCUT2D eigenvalue weighted by Crippen LogP contribution is 2.27. The Morgan fingerprint density at radius 1 is 1.09 bits per heavy atom. The topological polar surface area (TPSA) is 55.1 Å². The molecule has 2 aromatic carbocycles. The first-order chi connectivity index (χ1) is 10.2. The van der Waals surface area contributed by atoms with Crippen molar-refractivity contribution in [2.24, 2.45) is 5.73 Å². The second kappa shape index (κ2) is 7.12. The van der Waals surface area contributed by atoms with Gasteiger partial charge in [-0.2, -0.15) is 0 Å². The maximum Gasteiger partial charge on any atom is 0.240 e. The molecule has 2 aromatic rings. The van der Waals surface area contributed by atoms with Crippen LogP contribution in [0.2, 0.25) is 0 Å². The molecule has 0 radical (unpaired) electrons. The molecular weight excluding hydrogens is 296 g/mol. The fourth-order valence-electron chi connectivity index (χ4n) is 3.12. The number of benzene rings is 2. The lowest BCUT2D eigenvalue weighted by molar-refractivity contribution is -0.126. The number of nitrogens with one attached hydrogen (secondary N) is 1. The molecule has 0 saturated heterocycles. The SMILES string of the molecule is Cl.NC1(C(=O)NCCc2ccc3ccccc3c2)CCCC1. The van der Waals surface area contributed by atoms with Gasteiger partial charge in [0, 0.05) is 6.54 Å². The normalized spacial score (nSPS) is 16.2. The van der Waals surface area contributed by atoms with Crippen LogP contribution in [0.3, 0.4) is 0 Å². The lowest BCUT2D eigenvalue weighted by Crippen LogP contribution is -2.52. The molecule has 0 bridgehead atoms. The van der Waals surface area contributed by atoms with Crippen molar-refractivity contribution in [2.45, 2.75) is 37.6 Å². The predicted molar refractivity (Wildman–Crippen MR) is 93.3 cm³/mol. The molecule has 1 fully saturated rings. The van der Waals surface area contributed by atoms with Crippen molar-refractivity contribution in [1.82, 2.24) is 5.32 Å². The summed E-state index contributed by atoms with van der Waals surface area (Å²) in [5, 5.41) is 5.49. The molecule has 0 unspecified atom stereocenters. The Labute approximate surface area is 137 Å². The minimum atomic E-state index is -0.622. The summed E-state index contributed by atoms with van der Waals surface area (Å²) < 4.78 is 0. The van der Waals surface area contributed by atoms with Crippen molar-refractivity contribution in [3.63, 3.8) is 0 Å². The van der Waals surface area contributed by atoms with E-state index in [0.29, 0.717) is 6.54 Å². The van der Waals surface area contributed by atoms with Gasteiger partial charge in [0.2, 0.25) is 5.91 Å². The van der Waals surface area contributed by atoms with E-state index in [1.165, 1.54) is 16.3 Å². The van der Waals surface area contributed by atoms with E-state index < -0.39 is 5.54 Å². The summed E-state index contributed by atoms with van der Waals surface area (Å²) in [6.45, 7) is 0.649. The third kappa shape index (κ3) is 3.60. The Morgan fingerprint density at radius 3 is 2.50 bits per heavy atom. The Bertz CT molecular complexity index is 650. The molecule has 0 atom stereocenters. The zero-order chi connectivity index (χ0) is 14.7. The molecule has 118 valence electrons. The average molecular weight is 319 g/mol. The van der Waals surface area contributed by atoms with Crippen LogP contribution >= 0.6 is 12.4 Å². The Morgan fingerprint density at radius 2 is 1.77 bits per heavy atom. The van der Waals surface area contributed by atoms with Gasteiger partial charge < -0.3 is 11.1 Å². The lowest BCUT2D eigenvalue weighted by atomic mass is 9.98. The number of halogens is 1. The first kappa shape index (κ1) is 16.8. The smallest absolute Gasteiger partial charge is 0.240 e. The van der Waals surface area contributed by atoms with Crippen molar-refractivity contribution in [3.05, 3.63) is 48.0 Å². The zero-order valence-corrected chi connectivity index (χ0v) is 13.5. The van der Waals surface area contributed by atoms with Gasteiger partial charge in [-0.05, 0) is 35.6 Å². The molecule has 22 heavy (non-hydrogen) atoms. The molecule has 0 aliphatic heterocycles. The molecule has 0 heterocycles. The fourth-order valence-corrected chi connectivity index (χ4v) is 3.12. The Hall–Kier alpha value is -1.58. The third-order valence-electron chi connectivity index (χ3n) is 4.46. The van der Waals surface area contributed by atoms with E-state index in [2.05, 4.69) is 35.6 Å². The third-order valence-corrected chi connectivity index (χ3v) is 4.46. The van der Waals surface area contributed by atoms with Crippen LogP contribution in [0.1, 0.15) is 31.2 Å². The van der Waals surface area contributed by atoms with Gasteiger partial charge in [-0.15, -0.1) is 12.4 Å². The summed E-state index contributed by atoms with van der Waals surface area (Å²) in [5.41, 5.74) is 6.76. The van der Waals surface area contributed by atoms with Crippen LogP contribution in [0.15, 0.2) is 42.5 Å². The van der Waals surface area contributed by atoms with E-state index in [1.807, 2.05) is 12.1 Å². The molecule has 1 amide bonds. The number of carbonyl (C=O) groups is 1. The van der Waals surface area contributed by atoms with Crippen LogP contribution in [0, 0.1) is 0 Å². The van der Waals surface area contributed by atoms with Gasteiger partial charge in [-0.25, -0.2) is 0 Å². The van der Waals surface area contributed by atoms with Gasteiger partial charge in [0.05, 0.1) is 5.54 Å². The second-order valence-electron chi connectivity index (χ2n) is 6.05. The van der Waals surface area contributed by atoms with Crippen LogP contribution in [0.4, 0.5) is 0 Å². The maximum atomic E-state index is 12.1. The highest BCUT2D eigenvalue weighted by molar-refractivity contribution is 5.86. The van der Waals surface area contributed by atoms with Crippen molar-refractivity contribution in [2.75, 3.05) is 6.54 Å². The average Bonchev–Trinajstić information content (AvgIpc) is 2.95. The number of fused-ring (bicyclic) bond motifs is 1. The zero-order valence-electron chi connectivity index (χ0n) is 12.7. The van der Waals surface area contributed by atoms with Crippen molar-refractivity contribution < 1.29 is 4.79 Å².